The van der Waals surface area contributed by atoms with E-state index in [2.05, 4.69) is 0 Å². The maximum atomic E-state index is 10.4. The molecule has 0 bridgehead atoms. The van der Waals surface area contributed by atoms with Gasteiger partial charge in [-0.15, -0.1) is 0 Å². The van der Waals surface area contributed by atoms with Crippen molar-refractivity contribution in [3.63, 3.8) is 0 Å². The zero-order valence-electron chi connectivity index (χ0n) is 5.79. The quantitative estimate of drug-likeness (QED) is 0.514. The van der Waals surface area contributed by atoms with Crippen molar-refractivity contribution >= 4 is 14.0 Å². The number of rotatable bonds is 1. The SMILES string of the molecule is [B]N1CCC(C(=O)O)CC1. The monoisotopic (exact) mass is 139 g/mol. The van der Waals surface area contributed by atoms with Crippen LogP contribution in [0.4, 0.5) is 0 Å². The summed E-state index contributed by atoms with van der Waals surface area (Å²) in [6.07, 6.45) is 1.37. The van der Waals surface area contributed by atoms with E-state index in [1.54, 1.807) is 4.81 Å². The molecule has 0 spiro atoms. The van der Waals surface area contributed by atoms with Crippen molar-refractivity contribution < 1.29 is 9.90 Å². The summed E-state index contributed by atoms with van der Waals surface area (Å²) >= 11 is 0. The maximum absolute atomic E-state index is 10.4. The number of carboxylic acids is 1. The molecule has 0 aromatic carbocycles. The second-order valence-corrected chi connectivity index (χ2v) is 2.65. The topological polar surface area (TPSA) is 40.5 Å². The van der Waals surface area contributed by atoms with Gasteiger partial charge in [0, 0.05) is 0 Å². The van der Waals surface area contributed by atoms with Gasteiger partial charge in [-0.3, -0.25) is 4.79 Å². The molecule has 3 nitrogen and oxygen atoms in total. The van der Waals surface area contributed by atoms with Crippen LogP contribution >= 0.6 is 0 Å². The molecular weight excluding hydrogens is 129 g/mol. The van der Waals surface area contributed by atoms with Gasteiger partial charge in [0.25, 0.3) is 0 Å². The summed E-state index contributed by atoms with van der Waals surface area (Å²) in [6, 6.07) is 0. The lowest BCUT2D eigenvalue weighted by Crippen LogP contribution is -2.34. The first-order valence-electron chi connectivity index (χ1n) is 3.42. The first-order chi connectivity index (χ1) is 4.70. The molecule has 0 aromatic rings. The fraction of sp³-hybridized carbons (Fsp3) is 0.833. The number of carboxylic acid groups (broad SMARTS) is 1. The van der Waals surface area contributed by atoms with Crippen LogP contribution in [0, 0.1) is 5.92 Å². The summed E-state index contributed by atoms with van der Waals surface area (Å²) in [5, 5.41) is 8.57. The maximum Gasteiger partial charge on any atom is 0.306 e. The number of hydrogen-bond acceptors (Lipinski definition) is 2. The van der Waals surface area contributed by atoms with Gasteiger partial charge in [-0.1, -0.05) is 0 Å². The van der Waals surface area contributed by atoms with Crippen molar-refractivity contribution in [2.24, 2.45) is 5.92 Å². The molecule has 1 aliphatic rings. The van der Waals surface area contributed by atoms with Crippen LogP contribution in [-0.2, 0) is 4.79 Å². The highest BCUT2D eigenvalue weighted by molar-refractivity contribution is 6.04. The van der Waals surface area contributed by atoms with Gasteiger partial charge in [-0.2, -0.15) is 0 Å². The summed E-state index contributed by atoms with van der Waals surface area (Å²) in [5.74, 6) is -0.854. The highest BCUT2D eigenvalue weighted by Gasteiger charge is 2.21. The minimum Gasteiger partial charge on any atom is -0.481 e. The largest absolute Gasteiger partial charge is 0.481 e. The Bertz CT molecular complexity index is 132. The Morgan fingerprint density at radius 3 is 2.40 bits per heavy atom. The van der Waals surface area contributed by atoms with Crippen molar-refractivity contribution in [1.82, 2.24) is 4.81 Å². The van der Waals surface area contributed by atoms with E-state index in [-0.39, 0.29) is 5.92 Å². The standard InChI is InChI=1S/C6H10BNO2/c7-8-3-1-5(2-4-8)6(9)10/h5H,1-4H2,(H,9,10). The molecule has 0 aromatic heterocycles. The van der Waals surface area contributed by atoms with Gasteiger partial charge in [0.1, 0.15) is 0 Å². The highest BCUT2D eigenvalue weighted by Crippen LogP contribution is 2.14. The number of aliphatic carboxylic acids is 1. The van der Waals surface area contributed by atoms with Gasteiger partial charge in [-0.25, -0.2) is 0 Å². The van der Waals surface area contributed by atoms with E-state index in [0.29, 0.717) is 25.9 Å². The van der Waals surface area contributed by atoms with Crippen LogP contribution in [0.5, 0.6) is 0 Å². The Balaban J connectivity index is 2.33. The number of carbonyl (C=O) groups is 1. The Morgan fingerprint density at radius 1 is 1.50 bits per heavy atom. The minimum absolute atomic E-state index is 0.167. The fourth-order valence-electron chi connectivity index (χ4n) is 1.15. The second-order valence-electron chi connectivity index (χ2n) is 2.65. The zero-order valence-corrected chi connectivity index (χ0v) is 5.79. The molecule has 1 fully saturated rings. The smallest absolute Gasteiger partial charge is 0.306 e. The van der Waals surface area contributed by atoms with Gasteiger partial charge in [0.05, 0.1) is 5.92 Å². The van der Waals surface area contributed by atoms with E-state index in [9.17, 15) is 4.79 Å². The highest BCUT2D eigenvalue weighted by atomic mass is 16.4. The minimum atomic E-state index is -0.687. The van der Waals surface area contributed by atoms with Crippen molar-refractivity contribution in [1.29, 1.82) is 0 Å². The first kappa shape index (κ1) is 7.60. The van der Waals surface area contributed by atoms with Gasteiger partial charge in [0.15, 0.2) is 7.98 Å². The van der Waals surface area contributed by atoms with E-state index in [1.165, 1.54) is 0 Å². The molecular formula is C6H10BNO2. The number of hydrogen-bond donors (Lipinski definition) is 1. The molecule has 1 saturated heterocycles. The lowest BCUT2D eigenvalue weighted by Gasteiger charge is -2.26. The van der Waals surface area contributed by atoms with E-state index in [0.717, 1.165) is 0 Å². The molecule has 1 aliphatic heterocycles. The van der Waals surface area contributed by atoms with Crippen LogP contribution in [0.2, 0.25) is 0 Å². The molecule has 2 radical (unpaired) electrons. The van der Waals surface area contributed by atoms with Crippen LogP contribution in [0.25, 0.3) is 0 Å². The molecule has 1 heterocycles. The summed E-state index contributed by atoms with van der Waals surface area (Å²) in [6.45, 7) is 1.41. The third-order valence-electron chi connectivity index (χ3n) is 1.88. The van der Waals surface area contributed by atoms with E-state index in [1.807, 2.05) is 0 Å². The van der Waals surface area contributed by atoms with Gasteiger partial charge in [0.2, 0.25) is 0 Å². The van der Waals surface area contributed by atoms with Gasteiger partial charge in [-0.05, 0) is 25.9 Å². The van der Waals surface area contributed by atoms with E-state index in [4.69, 9.17) is 13.1 Å². The van der Waals surface area contributed by atoms with E-state index < -0.39 is 5.97 Å². The third-order valence-corrected chi connectivity index (χ3v) is 1.88. The molecule has 0 saturated carbocycles. The number of nitrogens with zero attached hydrogens (tertiary/aromatic N) is 1. The summed E-state index contributed by atoms with van der Waals surface area (Å²) in [5.41, 5.74) is 0. The lowest BCUT2D eigenvalue weighted by atomic mass is 9.95. The molecule has 10 heavy (non-hydrogen) atoms. The fourth-order valence-corrected chi connectivity index (χ4v) is 1.15. The van der Waals surface area contributed by atoms with Crippen LogP contribution in [-0.4, -0.2) is 37.0 Å². The van der Waals surface area contributed by atoms with Gasteiger partial charge >= 0.3 is 5.97 Å². The molecule has 0 amide bonds. The molecule has 0 aliphatic carbocycles. The molecule has 4 heteroatoms. The molecule has 0 atom stereocenters. The summed E-state index contributed by atoms with van der Waals surface area (Å²) < 4.78 is 0. The molecule has 0 unspecified atom stereocenters. The van der Waals surface area contributed by atoms with Crippen molar-refractivity contribution in [3.05, 3.63) is 0 Å². The first-order valence-corrected chi connectivity index (χ1v) is 3.42. The predicted molar refractivity (Wildman–Crippen MR) is 37.7 cm³/mol. The molecule has 54 valence electrons. The Kier molecular flexibility index (Phi) is 2.32. The average Bonchev–Trinajstić information content (AvgIpc) is 1.88. The second kappa shape index (κ2) is 3.06. The van der Waals surface area contributed by atoms with Crippen molar-refractivity contribution in [2.75, 3.05) is 13.1 Å². The van der Waals surface area contributed by atoms with Crippen molar-refractivity contribution in [3.8, 4) is 0 Å². The normalized spacial score (nSPS) is 22.8. The van der Waals surface area contributed by atoms with Crippen LogP contribution in [0.15, 0.2) is 0 Å². The molecule has 1 rings (SSSR count). The predicted octanol–water partition coefficient (Wildman–Crippen LogP) is -0.133. The zero-order chi connectivity index (χ0) is 7.56. The number of piperidine rings is 1. The Hall–Kier alpha value is -0.505. The van der Waals surface area contributed by atoms with Crippen molar-refractivity contribution in [2.45, 2.75) is 12.8 Å². The average molecular weight is 139 g/mol. The Labute approximate surface area is 61.4 Å². The lowest BCUT2D eigenvalue weighted by molar-refractivity contribution is -0.142. The van der Waals surface area contributed by atoms with Crippen LogP contribution < -0.4 is 0 Å². The summed E-state index contributed by atoms with van der Waals surface area (Å²) in [4.78, 5) is 12.1. The summed E-state index contributed by atoms with van der Waals surface area (Å²) in [7, 11) is 5.44. The van der Waals surface area contributed by atoms with Crippen LogP contribution in [0.3, 0.4) is 0 Å². The third kappa shape index (κ3) is 1.74. The van der Waals surface area contributed by atoms with Crippen LogP contribution in [0.1, 0.15) is 12.8 Å². The molecule has 1 N–H and O–H groups in total. The Morgan fingerprint density at radius 2 is 2.00 bits per heavy atom. The van der Waals surface area contributed by atoms with Gasteiger partial charge < -0.3 is 9.92 Å². The van der Waals surface area contributed by atoms with E-state index >= 15 is 0 Å².